The van der Waals surface area contributed by atoms with Crippen LogP contribution in [-0.4, -0.2) is 54.5 Å². The third kappa shape index (κ3) is 5.43. The van der Waals surface area contributed by atoms with E-state index in [0.29, 0.717) is 49.3 Å². The third-order valence-corrected chi connectivity index (χ3v) is 4.65. The maximum absolute atomic E-state index is 12.5. The smallest absolute Gasteiger partial charge is 0.255 e. The van der Waals surface area contributed by atoms with E-state index < -0.39 is 0 Å². The predicted molar refractivity (Wildman–Crippen MR) is 109 cm³/mol. The summed E-state index contributed by atoms with van der Waals surface area (Å²) in [5, 5.41) is 6.35. The molecule has 1 aromatic carbocycles. The van der Waals surface area contributed by atoms with Crippen LogP contribution in [0.2, 0.25) is 5.02 Å². The van der Waals surface area contributed by atoms with Crippen molar-refractivity contribution in [3.63, 3.8) is 0 Å². The van der Waals surface area contributed by atoms with Crippen molar-refractivity contribution in [2.24, 2.45) is 0 Å². The molecule has 8 heteroatoms. The van der Waals surface area contributed by atoms with Gasteiger partial charge in [-0.1, -0.05) is 23.7 Å². The number of anilines is 2. The fourth-order valence-corrected chi connectivity index (χ4v) is 3.15. The number of pyridine rings is 1. The molecule has 1 fully saturated rings. The first-order chi connectivity index (χ1) is 13.5. The van der Waals surface area contributed by atoms with Gasteiger partial charge < -0.3 is 20.3 Å². The van der Waals surface area contributed by atoms with Gasteiger partial charge in [-0.25, -0.2) is 4.98 Å². The lowest BCUT2D eigenvalue weighted by Gasteiger charge is -2.26. The zero-order valence-corrected chi connectivity index (χ0v) is 16.5. The lowest BCUT2D eigenvalue weighted by atomic mass is 10.1. The Balaban J connectivity index is 1.53. The average Bonchev–Trinajstić information content (AvgIpc) is 2.70. The molecule has 1 aliphatic rings. The van der Waals surface area contributed by atoms with E-state index in [1.165, 1.54) is 6.92 Å². The number of nitrogens with one attached hydrogen (secondary N) is 2. The molecule has 0 atom stereocenters. The van der Waals surface area contributed by atoms with Gasteiger partial charge in [0.15, 0.2) is 0 Å². The Kier molecular flexibility index (Phi) is 6.84. The average molecular weight is 403 g/mol. The first-order valence-electron chi connectivity index (χ1n) is 9.16. The number of hydrogen-bond acceptors (Lipinski definition) is 5. The minimum atomic E-state index is -0.0920. The van der Waals surface area contributed by atoms with E-state index in [1.807, 2.05) is 24.3 Å². The minimum absolute atomic E-state index is 0.0801. The normalized spacial score (nSPS) is 13.9. The molecular weight excluding hydrogens is 380 g/mol. The number of hydrogen-bond donors (Lipinski definition) is 2. The van der Waals surface area contributed by atoms with Gasteiger partial charge in [0, 0.05) is 38.4 Å². The van der Waals surface area contributed by atoms with Gasteiger partial charge >= 0.3 is 0 Å². The second-order valence-electron chi connectivity index (χ2n) is 6.51. The summed E-state index contributed by atoms with van der Waals surface area (Å²) in [4.78, 5) is 29.6. The van der Waals surface area contributed by atoms with E-state index in [4.69, 9.17) is 16.3 Å². The van der Waals surface area contributed by atoms with Gasteiger partial charge in [0.25, 0.3) is 5.91 Å². The molecule has 7 nitrogen and oxygen atoms in total. The van der Waals surface area contributed by atoms with E-state index in [0.717, 1.165) is 17.7 Å². The Hall–Kier alpha value is -2.64. The molecule has 2 aromatic rings. The summed E-state index contributed by atoms with van der Waals surface area (Å²) in [5.74, 6) is 0.379. The molecule has 0 unspecified atom stereocenters. The second-order valence-corrected chi connectivity index (χ2v) is 6.92. The molecule has 1 aliphatic heterocycles. The van der Waals surface area contributed by atoms with Gasteiger partial charge in [-0.3, -0.25) is 9.59 Å². The van der Waals surface area contributed by atoms with Crippen molar-refractivity contribution in [3.05, 3.63) is 52.7 Å². The summed E-state index contributed by atoms with van der Waals surface area (Å²) in [6.45, 7) is 4.39. The van der Waals surface area contributed by atoms with Crippen molar-refractivity contribution in [1.29, 1.82) is 0 Å². The Morgan fingerprint density at radius 2 is 1.93 bits per heavy atom. The van der Waals surface area contributed by atoms with Crippen LogP contribution in [0.15, 0.2) is 36.5 Å². The molecule has 28 heavy (non-hydrogen) atoms. The largest absolute Gasteiger partial charge is 0.378 e. The van der Waals surface area contributed by atoms with Crippen molar-refractivity contribution in [2.75, 3.05) is 43.5 Å². The predicted octanol–water partition coefficient (Wildman–Crippen LogP) is 2.82. The lowest BCUT2D eigenvalue weighted by Crippen LogP contribution is -2.40. The van der Waals surface area contributed by atoms with Gasteiger partial charge in [-0.05, 0) is 30.2 Å². The summed E-state index contributed by atoms with van der Waals surface area (Å²) in [6, 6.07) is 9.32. The SMILES string of the molecule is CC(=O)Nc1ccc(CCNc2ncc(C(=O)N3CCOCC3)cc2Cl)cc1. The zero-order valence-electron chi connectivity index (χ0n) is 15.7. The molecule has 3 rings (SSSR count). The number of carbonyl (C=O) groups is 2. The van der Waals surface area contributed by atoms with E-state index >= 15 is 0 Å². The van der Waals surface area contributed by atoms with Gasteiger partial charge in [0.2, 0.25) is 5.91 Å². The summed E-state index contributed by atoms with van der Waals surface area (Å²) < 4.78 is 5.27. The second kappa shape index (κ2) is 9.52. The molecule has 0 aliphatic carbocycles. The summed E-state index contributed by atoms with van der Waals surface area (Å²) in [7, 11) is 0. The van der Waals surface area contributed by atoms with Crippen molar-refractivity contribution in [3.8, 4) is 0 Å². The van der Waals surface area contributed by atoms with Crippen LogP contribution in [0, 0.1) is 0 Å². The van der Waals surface area contributed by atoms with Crippen LogP contribution < -0.4 is 10.6 Å². The maximum atomic E-state index is 12.5. The summed E-state index contributed by atoms with van der Waals surface area (Å²) in [5.41, 5.74) is 2.37. The Morgan fingerprint density at radius 3 is 2.57 bits per heavy atom. The summed E-state index contributed by atoms with van der Waals surface area (Å²) >= 11 is 6.30. The van der Waals surface area contributed by atoms with Crippen LogP contribution in [0.1, 0.15) is 22.8 Å². The third-order valence-electron chi connectivity index (χ3n) is 4.37. The molecule has 0 radical (unpaired) electrons. The van der Waals surface area contributed by atoms with Crippen molar-refractivity contribution in [2.45, 2.75) is 13.3 Å². The molecular formula is C20H23ClN4O3. The fourth-order valence-electron chi connectivity index (χ4n) is 2.92. The number of ether oxygens (including phenoxy) is 1. The number of rotatable bonds is 6. The van der Waals surface area contributed by atoms with Crippen LogP contribution in [0.5, 0.6) is 0 Å². The first-order valence-corrected chi connectivity index (χ1v) is 9.53. The molecule has 2 N–H and O–H groups in total. The molecule has 1 aromatic heterocycles. The maximum Gasteiger partial charge on any atom is 0.255 e. The first kappa shape index (κ1) is 20.1. The lowest BCUT2D eigenvalue weighted by molar-refractivity contribution is -0.114. The number of halogens is 1. The van der Waals surface area contributed by atoms with Crippen LogP contribution in [-0.2, 0) is 16.0 Å². The topological polar surface area (TPSA) is 83.6 Å². The zero-order chi connectivity index (χ0) is 19.9. The van der Waals surface area contributed by atoms with Crippen LogP contribution in [0.3, 0.4) is 0 Å². The van der Waals surface area contributed by atoms with Gasteiger partial charge in [-0.15, -0.1) is 0 Å². The van der Waals surface area contributed by atoms with Crippen LogP contribution in [0.25, 0.3) is 0 Å². The monoisotopic (exact) mass is 402 g/mol. The molecule has 0 spiro atoms. The molecule has 2 heterocycles. The number of benzene rings is 1. The fraction of sp³-hybridized carbons (Fsp3) is 0.350. The van der Waals surface area contributed by atoms with E-state index in [2.05, 4.69) is 15.6 Å². The van der Waals surface area contributed by atoms with Gasteiger partial charge in [0.1, 0.15) is 5.82 Å². The standard InChI is InChI=1S/C20H23ClN4O3/c1-14(26)24-17-4-2-15(3-5-17)6-7-22-19-18(21)12-16(13-23-19)20(27)25-8-10-28-11-9-25/h2-5,12-13H,6-11H2,1H3,(H,22,23)(H,24,26). The Bertz CT molecular complexity index is 836. The molecule has 2 amide bonds. The van der Waals surface area contributed by atoms with Crippen molar-refractivity contribution >= 4 is 34.9 Å². The number of nitrogens with zero attached hydrogens (tertiary/aromatic N) is 2. The van der Waals surface area contributed by atoms with Crippen LogP contribution in [0.4, 0.5) is 11.5 Å². The molecule has 0 bridgehead atoms. The number of morpholine rings is 1. The van der Waals surface area contributed by atoms with Crippen LogP contribution >= 0.6 is 11.6 Å². The quantitative estimate of drug-likeness (QED) is 0.776. The minimum Gasteiger partial charge on any atom is -0.378 e. The number of aromatic nitrogens is 1. The highest BCUT2D eigenvalue weighted by atomic mass is 35.5. The Morgan fingerprint density at radius 1 is 1.21 bits per heavy atom. The van der Waals surface area contributed by atoms with Crippen molar-refractivity contribution < 1.29 is 14.3 Å². The van der Waals surface area contributed by atoms with E-state index in [1.54, 1.807) is 17.2 Å². The van der Waals surface area contributed by atoms with Gasteiger partial charge in [-0.2, -0.15) is 0 Å². The highest BCUT2D eigenvalue weighted by molar-refractivity contribution is 6.33. The molecule has 148 valence electrons. The molecule has 1 saturated heterocycles. The highest BCUT2D eigenvalue weighted by Crippen LogP contribution is 2.21. The number of amides is 2. The van der Waals surface area contributed by atoms with Gasteiger partial charge in [0.05, 0.1) is 23.8 Å². The summed E-state index contributed by atoms with van der Waals surface area (Å²) in [6.07, 6.45) is 2.32. The van der Waals surface area contributed by atoms with E-state index in [9.17, 15) is 9.59 Å². The van der Waals surface area contributed by atoms with Crippen molar-refractivity contribution in [1.82, 2.24) is 9.88 Å². The Labute approximate surface area is 169 Å². The highest BCUT2D eigenvalue weighted by Gasteiger charge is 2.19. The molecule has 0 saturated carbocycles. The number of carbonyl (C=O) groups excluding carboxylic acids is 2. The van der Waals surface area contributed by atoms with E-state index in [-0.39, 0.29) is 11.8 Å².